The molecule has 2 heterocycles. The molecule has 24 heavy (non-hydrogen) atoms. The molecule has 0 amide bonds. The predicted octanol–water partition coefficient (Wildman–Crippen LogP) is 3.10. The first-order valence-electron chi connectivity index (χ1n) is 7.48. The average molecular weight is 333 g/mol. The fourth-order valence-electron chi connectivity index (χ4n) is 2.80. The second-order valence-electron chi connectivity index (χ2n) is 5.52. The fourth-order valence-corrected chi connectivity index (χ4v) is 2.80. The molecule has 1 aliphatic heterocycles. The fraction of sp³-hybridized carbons (Fsp3) is 0.294. The highest BCUT2D eigenvalue weighted by atomic mass is 19.2. The Hall–Kier alpha value is -2.59. The van der Waals surface area contributed by atoms with Crippen LogP contribution in [0.1, 0.15) is 23.7 Å². The summed E-state index contributed by atoms with van der Waals surface area (Å²) in [6.07, 6.45) is 0.204. The highest BCUT2D eigenvalue weighted by Gasteiger charge is 2.31. The van der Waals surface area contributed by atoms with E-state index in [0.29, 0.717) is 6.54 Å². The van der Waals surface area contributed by atoms with Gasteiger partial charge in [0.1, 0.15) is 17.7 Å². The molecule has 1 aromatic carbocycles. The standard InChI is InChI=1S/C17H14F3N3O/c18-13-12(8-21)14(19)17(23-16(13)20)24-15(11-6-7-22-9-11)10-4-2-1-3-5-10/h1-5,11,15,22H,6-7,9H2/t11-,15-/m0/s1. The van der Waals surface area contributed by atoms with Gasteiger partial charge < -0.3 is 10.1 Å². The lowest BCUT2D eigenvalue weighted by Gasteiger charge is -2.24. The molecule has 1 aliphatic rings. The molecule has 0 saturated carbocycles. The van der Waals surface area contributed by atoms with Gasteiger partial charge in [-0.3, -0.25) is 0 Å². The quantitative estimate of drug-likeness (QED) is 0.874. The van der Waals surface area contributed by atoms with Crippen molar-refractivity contribution in [3.63, 3.8) is 0 Å². The molecule has 0 aliphatic carbocycles. The van der Waals surface area contributed by atoms with Crippen LogP contribution < -0.4 is 10.1 Å². The third-order valence-electron chi connectivity index (χ3n) is 4.01. The summed E-state index contributed by atoms with van der Waals surface area (Å²) in [4.78, 5) is 3.21. The van der Waals surface area contributed by atoms with Gasteiger partial charge in [0.05, 0.1) is 0 Å². The molecule has 2 atom stereocenters. The van der Waals surface area contributed by atoms with E-state index >= 15 is 0 Å². The summed E-state index contributed by atoms with van der Waals surface area (Å²) in [5.74, 6) is -5.14. The van der Waals surface area contributed by atoms with Gasteiger partial charge in [-0.2, -0.15) is 19.0 Å². The molecule has 3 rings (SSSR count). The topological polar surface area (TPSA) is 57.9 Å². The molecule has 0 bridgehead atoms. The van der Waals surface area contributed by atoms with Gasteiger partial charge >= 0.3 is 0 Å². The molecule has 0 spiro atoms. The summed E-state index contributed by atoms with van der Waals surface area (Å²) in [7, 11) is 0. The molecule has 1 aromatic heterocycles. The van der Waals surface area contributed by atoms with Gasteiger partial charge in [-0.05, 0) is 18.5 Å². The van der Waals surface area contributed by atoms with Crippen molar-refractivity contribution in [2.45, 2.75) is 12.5 Å². The zero-order valence-electron chi connectivity index (χ0n) is 12.6. The third kappa shape index (κ3) is 3.05. The SMILES string of the molecule is N#Cc1c(F)c(F)nc(O[C@@H](c2ccccc2)[C@H]2CCNC2)c1F. The Kier molecular flexibility index (Phi) is 4.67. The number of hydrogen-bond acceptors (Lipinski definition) is 4. The van der Waals surface area contributed by atoms with Crippen LogP contribution in [0.15, 0.2) is 30.3 Å². The molecular formula is C17H14F3N3O. The summed E-state index contributed by atoms with van der Waals surface area (Å²) in [6.45, 7) is 1.43. The zero-order valence-corrected chi connectivity index (χ0v) is 12.6. The minimum atomic E-state index is -1.61. The Balaban J connectivity index is 1.99. The van der Waals surface area contributed by atoms with Crippen molar-refractivity contribution >= 4 is 0 Å². The van der Waals surface area contributed by atoms with E-state index < -0.39 is 35.1 Å². The summed E-state index contributed by atoms with van der Waals surface area (Å²) in [6, 6.07) is 10.4. The lowest BCUT2D eigenvalue weighted by Crippen LogP contribution is -2.22. The Morgan fingerprint density at radius 3 is 2.58 bits per heavy atom. The van der Waals surface area contributed by atoms with Gasteiger partial charge in [-0.25, -0.2) is 4.39 Å². The van der Waals surface area contributed by atoms with Crippen molar-refractivity contribution in [1.82, 2.24) is 10.3 Å². The number of pyridine rings is 1. The Morgan fingerprint density at radius 1 is 1.21 bits per heavy atom. The molecule has 124 valence electrons. The van der Waals surface area contributed by atoms with Crippen LogP contribution in [0.3, 0.4) is 0 Å². The molecule has 0 radical (unpaired) electrons. The number of rotatable bonds is 4. The van der Waals surface area contributed by atoms with Crippen LogP contribution in [-0.2, 0) is 0 Å². The van der Waals surface area contributed by atoms with Crippen molar-refractivity contribution in [2.75, 3.05) is 13.1 Å². The first-order valence-corrected chi connectivity index (χ1v) is 7.48. The summed E-state index contributed by atoms with van der Waals surface area (Å²) in [5.41, 5.74) is -0.260. The number of aromatic nitrogens is 1. The highest BCUT2D eigenvalue weighted by molar-refractivity contribution is 5.36. The van der Waals surface area contributed by atoms with Crippen molar-refractivity contribution in [2.24, 2.45) is 5.92 Å². The normalized spacial score (nSPS) is 18.2. The minimum absolute atomic E-state index is 0.0206. The van der Waals surface area contributed by atoms with E-state index in [0.717, 1.165) is 18.5 Å². The van der Waals surface area contributed by atoms with E-state index in [1.807, 2.05) is 30.3 Å². The van der Waals surface area contributed by atoms with Crippen LogP contribution in [0, 0.1) is 34.8 Å². The number of hydrogen-bond donors (Lipinski definition) is 1. The van der Waals surface area contributed by atoms with Gasteiger partial charge in [0.15, 0.2) is 5.82 Å². The molecule has 2 aromatic rings. The number of nitrogens with one attached hydrogen (secondary N) is 1. The maximum atomic E-state index is 14.2. The Bertz CT molecular complexity index is 771. The van der Waals surface area contributed by atoms with Crippen molar-refractivity contribution in [1.29, 1.82) is 5.26 Å². The first-order chi connectivity index (χ1) is 11.6. The van der Waals surface area contributed by atoms with Gasteiger partial charge in [0.25, 0.3) is 11.8 Å². The maximum absolute atomic E-state index is 14.2. The van der Waals surface area contributed by atoms with E-state index in [2.05, 4.69) is 10.3 Å². The number of nitrogens with zero attached hydrogens (tertiary/aromatic N) is 2. The molecule has 1 saturated heterocycles. The summed E-state index contributed by atoms with van der Waals surface area (Å²) < 4.78 is 46.8. The lowest BCUT2D eigenvalue weighted by molar-refractivity contribution is 0.128. The molecule has 0 unspecified atom stereocenters. The van der Waals surface area contributed by atoms with Crippen LogP contribution in [0.2, 0.25) is 0 Å². The van der Waals surface area contributed by atoms with Gasteiger partial charge in [0, 0.05) is 12.5 Å². The van der Waals surface area contributed by atoms with E-state index in [1.165, 1.54) is 6.07 Å². The largest absolute Gasteiger partial charge is 0.467 e. The van der Waals surface area contributed by atoms with E-state index in [-0.39, 0.29) is 5.92 Å². The molecular weight excluding hydrogens is 319 g/mol. The number of benzene rings is 1. The van der Waals surface area contributed by atoms with E-state index in [4.69, 9.17) is 10.00 Å². The smallest absolute Gasteiger partial charge is 0.255 e. The van der Waals surface area contributed by atoms with Crippen LogP contribution in [0.5, 0.6) is 5.88 Å². The molecule has 4 nitrogen and oxygen atoms in total. The second-order valence-corrected chi connectivity index (χ2v) is 5.52. The van der Waals surface area contributed by atoms with Crippen molar-refractivity contribution in [3.8, 4) is 11.9 Å². The molecule has 1 N–H and O–H groups in total. The van der Waals surface area contributed by atoms with Crippen molar-refractivity contribution < 1.29 is 17.9 Å². The van der Waals surface area contributed by atoms with E-state index in [9.17, 15) is 13.2 Å². The maximum Gasteiger partial charge on any atom is 0.255 e. The van der Waals surface area contributed by atoms with E-state index in [1.54, 1.807) is 0 Å². The van der Waals surface area contributed by atoms with Gasteiger partial charge in [0.2, 0.25) is 5.82 Å². The molecule has 7 heteroatoms. The number of nitriles is 1. The molecule has 1 fully saturated rings. The first kappa shape index (κ1) is 16.3. The minimum Gasteiger partial charge on any atom is -0.467 e. The summed E-state index contributed by atoms with van der Waals surface area (Å²) in [5, 5.41) is 12.0. The predicted molar refractivity (Wildman–Crippen MR) is 79.6 cm³/mol. The summed E-state index contributed by atoms with van der Waals surface area (Å²) >= 11 is 0. The van der Waals surface area contributed by atoms with Crippen LogP contribution >= 0.6 is 0 Å². The van der Waals surface area contributed by atoms with Crippen LogP contribution in [0.25, 0.3) is 0 Å². The zero-order chi connectivity index (χ0) is 17.1. The second kappa shape index (κ2) is 6.89. The van der Waals surface area contributed by atoms with Gasteiger partial charge in [-0.1, -0.05) is 30.3 Å². The Morgan fingerprint density at radius 2 is 1.96 bits per heavy atom. The lowest BCUT2D eigenvalue weighted by atomic mass is 9.95. The van der Waals surface area contributed by atoms with Crippen LogP contribution in [-0.4, -0.2) is 18.1 Å². The number of halogens is 3. The third-order valence-corrected chi connectivity index (χ3v) is 4.01. The average Bonchev–Trinajstić information content (AvgIpc) is 3.12. The highest BCUT2D eigenvalue weighted by Crippen LogP contribution is 2.33. The monoisotopic (exact) mass is 333 g/mol. The van der Waals surface area contributed by atoms with Gasteiger partial charge in [-0.15, -0.1) is 0 Å². The number of ether oxygens (including phenoxy) is 1. The van der Waals surface area contributed by atoms with Crippen molar-refractivity contribution in [3.05, 3.63) is 59.0 Å². The Labute approximate surface area is 136 Å². The van der Waals surface area contributed by atoms with Crippen LogP contribution in [0.4, 0.5) is 13.2 Å².